The number of cyclic esters (lactones) is 1. The number of benzene rings is 2. The minimum absolute atomic E-state index is 0.0108. The summed E-state index contributed by atoms with van der Waals surface area (Å²) in [7, 11) is 1.38. The largest absolute Gasteiger partial charge is 0.503 e. The molecule has 3 rings (SSSR count). The van der Waals surface area contributed by atoms with Gasteiger partial charge in [-0.2, -0.15) is 0 Å². The number of halogens is 3. The summed E-state index contributed by atoms with van der Waals surface area (Å²) >= 11 is 18.3. The molecule has 0 aromatic heterocycles. The van der Waals surface area contributed by atoms with Crippen LogP contribution < -0.4 is 9.47 Å². The first-order valence-corrected chi connectivity index (χ1v) is 9.92. The molecule has 29 heavy (non-hydrogen) atoms. The predicted octanol–water partition coefficient (Wildman–Crippen LogP) is 5.90. The number of phenolic OH excluding ortho intramolecular Hbond substituents is 1. The van der Waals surface area contributed by atoms with Crippen LogP contribution in [-0.2, 0) is 11.3 Å². The summed E-state index contributed by atoms with van der Waals surface area (Å²) in [6.07, 6.45) is -0.379. The fourth-order valence-electron chi connectivity index (χ4n) is 3.15. The highest BCUT2D eigenvalue weighted by atomic mass is 35.5. The molecule has 0 amide bonds. The van der Waals surface area contributed by atoms with Gasteiger partial charge in [-0.3, -0.25) is 0 Å². The molecular weight excluding hydrogens is 443 g/mol. The van der Waals surface area contributed by atoms with Crippen LogP contribution in [0.15, 0.2) is 12.1 Å². The molecule has 0 spiro atoms. The van der Waals surface area contributed by atoms with E-state index in [1.165, 1.54) is 13.2 Å². The number of ether oxygens (including phenoxy) is 3. The molecule has 1 aliphatic rings. The monoisotopic (exact) mass is 460 g/mol. The van der Waals surface area contributed by atoms with Crippen LogP contribution in [0.5, 0.6) is 23.0 Å². The zero-order valence-corrected chi connectivity index (χ0v) is 18.2. The number of carbonyl (C=O) groups excluding carboxylic acids is 1. The topological polar surface area (TPSA) is 85.2 Å². The summed E-state index contributed by atoms with van der Waals surface area (Å²) < 4.78 is 16.6. The number of fused-ring (bicyclic) bond motifs is 2. The van der Waals surface area contributed by atoms with E-state index in [0.29, 0.717) is 12.0 Å². The second-order valence-corrected chi connectivity index (χ2v) is 8.12. The summed E-state index contributed by atoms with van der Waals surface area (Å²) in [6, 6.07) is 3.08. The first-order chi connectivity index (χ1) is 13.7. The second kappa shape index (κ2) is 8.48. The lowest BCUT2D eigenvalue weighted by Crippen LogP contribution is -2.15. The Hall–Kier alpha value is -1.86. The number of hydrogen-bond acceptors (Lipinski definition) is 6. The Morgan fingerprint density at radius 2 is 1.86 bits per heavy atom. The molecule has 2 N–H and O–H groups in total. The Bertz CT molecular complexity index is 974. The number of aromatic hydroxyl groups is 1. The molecule has 1 atom stereocenters. The quantitative estimate of drug-likeness (QED) is 0.435. The lowest BCUT2D eigenvalue weighted by Gasteiger charge is -2.24. The Morgan fingerprint density at radius 1 is 1.17 bits per heavy atom. The van der Waals surface area contributed by atoms with Gasteiger partial charge in [-0.05, 0) is 24.5 Å². The number of methoxy groups -OCH3 is 1. The molecule has 0 radical (unpaired) electrons. The molecule has 0 aliphatic carbocycles. The third-order valence-electron chi connectivity index (χ3n) is 4.52. The van der Waals surface area contributed by atoms with E-state index in [2.05, 4.69) is 0 Å². The normalized spacial score (nSPS) is 14.3. The number of carbonyl (C=O) groups is 1. The van der Waals surface area contributed by atoms with Gasteiger partial charge >= 0.3 is 5.97 Å². The van der Waals surface area contributed by atoms with Crippen LogP contribution >= 0.6 is 34.8 Å². The number of phenols is 1. The minimum Gasteiger partial charge on any atom is -0.503 e. The molecule has 2 aromatic carbocycles. The molecule has 0 saturated heterocycles. The van der Waals surface area contributed by atoms with Gasteiger partial charge < -0.3 is 24.4 Å². The first kappa shape index (κ1) is 21.8. The van der Waals surface area contributed by atoms with Gasteiger partial charge in [0.1, 0.15) is 28.7 Å². The van der Waals surface area contributed by atoms with Crippen molar-refractivity contribution in [3.8, 4) is 23.0 Å². The number of rotatable bonds is 4. The summed E-state index contributed by atoms with van der Waals surface area (Å²) in [6.45, 7) is 3.64. The number of esters is 1. The lowest BCUT2D eigenvalue weighted by atomic mass is 9.96. The van der Waals surface area contributed by atoms with E-state index in [-0.39, 0.29) is 56.0 Å². The van der Waals surface area contributed by atoms with Crippen LogP contribution in [-0.4, -0.2) is 23.3 Å². The molecule has 0 bridgehead atoms. The molecule has 1 heterocycles. The first-order valence-electron chi connectivity index (χ1n) is 8.79. The van der Waals surface area contributed by atoms with Crippen LogP contribution in [0.2, 0.25) is 15.1 Å². The van der Waals surface area contributed by atoms with Gasteiger partial charge in [0.15, 0.2) is 11.5 Å². The van der Waals surface area contributed by atoms with Gasteiger partial charge in [0.25, 0.3) is 0 Å². The molecule has 1 unspecified atom stereocenters. The molecular formula is C20H19Cl3O6. The zero-order chi connectivity index (χ0) is 21.5. The van der Waals surface area contributed by atoms with Crippen LogP contribution in [0.4, 0.5) is 0 Å². The second-order valence-electron chi connectivity index (χ2n) is 6.98. The van der Waals surface area contributed by atoms with Crippen molar-refractivity contribution in [3.63, 3.8) is 0 Å². The van der Waals surface area contributed by atoms with E-state index in [4.69, 9.17) is 49.0 Å². The van der Waals surface area contributed by atoms with Crippen LogP contribution in [0.3, 0.4) is 0 Å². The maximum absolute atomic E-state index is 12.8. The SMILES string of the molecule is COc1c(C(O)CC(C)C)ccc2c1C(=O)OCc1c(Cl)c(Cl)c(Cl)c(O)c1O2. The van der Waals surface area contributed by atoms with Gasteiger partial charge in [0, 0.05) is 5.56 Å². The predicted molar refractivity (Wildman–Crippen MR) is 110 cm³/mol. The molecule has 6 nitrogen and oxygen atoms in total. The maximum Gasteiger partial charge on any atom is 0.346 e. The summed E-state index contributed by atoms with van der Waals surface area (Å²) in [5.74, 6) is -0.827. The van der Waals surface area contributed by atoms with Crippen LogP contribution in [0, 0.1) is 5.92 Å². The Morgan fingerprint density at radius 3 is 2.48 bits per heavy atom. The fourth-order valence-corrected chi connectivity index (χ4v) is 3.82. The average Bonchev–Trinajstić information content (AvgIpc) is 2.67. The van der Waals surface area contributed by atoms with Crippen molar-refractivity contribution in [2.75, 3.05) is 7.11 Å². The third-order valence-corrected chi connectivity index (χ3v) is 5.88. The zero-order valence-electron chi connectivity index (χ0n) is 15.9. The average molecular weight is 462 g/mol. The van der Waals surface area contributed by atoms with Crippen molar-refractivity contribution in [2.24, 2.45) is 5.92 Å². The van der Waals surface area contributed by atoms with Crippen molar-refractivity contribution >= 4 is 40.8 Å². The van der Waals surface area contributed by atoms with Gasteiger partial charge in [-0.1, -0.05) is 48.7 Å². The summed E-state index contributed by atoms with van der Waals surface area (Å²) in [5, 5.41) is 20.7. The summed E-state index contributed by atoms with van der Waals surface area (Å²) in [4.78, 5) is 12.8. The number of aliphatic hydroxyl groups is 1. The highest BCUT2D eigenvalue weighted by molar-refractivity contribution is 6.49. The highest BCUT2D eigenvalue weighted by Crippen LogP contribution is 2.51. The standard InChI is InChI=1S/C20H19Cl3O6/c1-8(2)6-11(24)9-4-5-12-13(18(9)27-3)20(26)28-7-10-14(21)15(22)16(23)17(25)19(10)29-12/h4-5,8,11,24-25H,6-7H2,1-3H3. The van der Waals surface area contributed by atoms with Gasteiger partial charge in [-0.15, -0.1) is 0 Å². The van der Waals surface area contributed by atoms with Gasteiger partial charge in [0.2, 0.25) is 0 Å². The van der Waals surface area contributed by atoms with Gasteiger partial charge in [0.05, 0.1) is 28.8 Å². The number of hydrogen-bond donors (Lipinski definition) is 2. The number of aliphatic hydroxyl groups excluding tert-OH is 1. The molecule has 1 aliphatic heterocycles. The summed E-state index contributed by atoms with van der Waals surface area (Å²) in [5.41, 5.74) is 0.596. The molecule has 0 fully saturated rings. The fraction of sp³-hybridized carbons (Fsp3) is 0.350. The third kappa shape index (κ3) is 3.94. The minimum atomic E-state index is -0.850. The van der Waals surface area contributed by atoms with Crippen molar-refractivity contribution in [2.45, 2.75) is 33.0 Å². The molecule has 2 aromatic rings. The maximum atomic E-state index is 12.8. The smallest absolute Gasteiger partial charge is 0.346 e. The van der Waals surface area contributed by atoms with Crippen molar-refractivity contribution in [1.82, 2.24) is 0 Å². The Balaban J connectivity index is 2.19. The molecule has 0 saturated carbocycles. The van der Waals surface area contributed by atoms with Crippen molar-refractivity contribution in [3.05, 3.63) is 43.9 Å². The van der Waals surface area contributed by atoms with Crippen LogP contribution in [0.25, 0.3) is 0 Å². The van der Waals surface area contributed by atoms with E-state index >= 15 is 0 Å². The van der Waals surface area contributed by atoms with E-state index in [0.717, 1.165) is 0 Å². The van der Waals surface area contributed by atoms with Crippen LogP contribution in [0.1, 0.15) is 47.9 Å². The van der Waals surface area contributed by atoms with Crippen molar-refractivity contribution in [1.29, 1.82) is 0 Å². The molecule has 9 heteroatoms. The van der Waals surface area contributed by atoms with Crippen molar-refractivity contribution < 1.29 is 29.2 Å². The van der Waals surface area contributed by atoms with E-state index < -0.39 is 17.8 Å². The lowest BCUT2D eigenvalue weighted by molar-refractivity contribution is 0.0454. The Kier molecular flexibility index (Phi) is 6.39. The van der Waals surface area contributed by atoms with E-state index in [1.807, 2.05) is 13.8 Å². The Labute approximate surface area is 182 Å². The van der Waals surface area contributed by atoms with E-state index in [9.17, 15) is 15.0 Å². The molecule has 156 valence electrons. The highest BCUT2D eigenvalue weighted by Gasteiger charge is 2.32. The van der Waals surface area contributed by atoms with E-state index in [1.54, 1.807) is 6.07 Å². The van der Waals surface area contributed by atoms with Gasteiger partial charge in [-0.25, -0.2) is 4.79 Å².